The molecule has 1 N–H and O–H groups in total. The number of nitriles is 1. The predicted molar refractivity (Wildman–Crippen MR) is 104 cm³/mol. The van der Waals surface area contributed by atoms with Crippen LogP contribution in [-0.2, 0) is 12.5 Å². The maximum atomic E-state index is 14.8. The van der Waals surface area contributed by atoms with Crippen molar-refractivity contribution in [2.45, 2.75) is 19.4 Å². The van der Waals surface area contributed by atoms with Crippen LogP contribution in [0.2, 0.25) is 5.02 Å². The van der Waals surface area contributed by atoms with Gasteiger partial charge in [0, 0.05) is 16.2 Å². The van der Waals surface area contributed by atoms with Crippen LogP contribution in [-0.4, -0.2) is 37.9 Å². The van der Waals surface area contributed by atoms with Crippen molar-refractivity contribution in [2.75, 3.05) is 6.54 Å². The van der Waals surface area contributed by atoms with Crippen LogP contribution in [0.15, 0.2) is 59.3 Å². The first kappa shape index (κ1) is 20.4. The van der Waals surface area contributed by atoms with Crippen molar-refractivity contribution in [2.24, 2.45) is 5.10 Å². The monoisotopic (exact) mass is 415 g/mol. The van der Waals surface area contributed by atoms with Crippen LogP contribution < -0.4 is 0 Å². The molecule has 0 saturated heterocycles. The molecule has 0 amide bonds. The second kappa shape index (κ2) is 8.32. The normalized spacial score (nSPS) is 18.0. The van der Waals surface area contributed by atoms with Crippen LogP contribution in [0.5, 0.6) is 0 Å². The summed E-state index contributed by atoms with van der Waals surface area (Å²) < 4.78 is 29.7. The average Bonchev–Trinajstić information content (AvgIpc) is 3.25. The quantitative estimate of drug-likeness (QED) is 0.820. The molecule has 1 aromatic heterocycles. The maximum absolute atomic E-state index is 14.8. The van der Waals surface area contributed by atoms with Crippen LogP contribution in [0.3, 0.4) is 0 Å². The summed E-state index contributed by atoms with van der Waals surface area (Å²) in [5.74, 6) is -4.20. The Morgan fingerprint density at radius 3 is 2.86 bits per heavy atom. The van der Waals surface area contributed by atoms with E-state index < -0.39 is 11.7 Å². The van der Waals surface area contributed by atoms with E-state index in [0.29, 0.717) is 27.4 Å². The zero-order chi connectivity index (χ0) is 21.0. The van der Waals surface area contributed by atoms with Crippen LogP contribution in [0, 0.1) is 11.3 Å². The SMILES string of the molecule is C=C1/C=C\C(C(F)(F)c2nn[nH]n2)=C/CN(Cc2c(Cl)cccc2C#N)N=C1C. The second-order valence-corrected chi connectivity index (χ2v) is 6.65. The van der Waals surface area contributed by atoms with Gasteiger partial charge < -0.3 is 0 Å². The number of allylic oxidation sites excluding steroid dienone is 4. The summed E-state index contributed by atoms with van der Waals surface area (Å²) in [6.07, 6.45) is 4.04. The molecule has 2 aromatic rings. The van der Waals surface area contributed by atoms with E-state index in [1.807, 2.05) is 0 Å². The smallest absolute Gasteiger partial charge is 0.288 e. The Hall–Kier alpha value is -3.38. The lowest BCUT2D eigenvalue weighted by Crippen LogP contribution is -2.22. The van der Waals surface area contributed by atoms with Gasteiger partial charge in [-0.15, -0.1) is 10.2 Å². The van der Waals surface area contributed by atoms with Crippen molar-refractivity contribution in [3.05, 3.63) is 76.1 Å². The standard InChI is InChI=1S/C19H16ClF2N7/c1-12-6-7-15(19(21,22)18-24-27-28-25-18)8-9-29(26-13(12)2)11-16-14(10-23)4-3-5-17(16)20/h3-8H,1,9,11H2,2H3,(H,24,25,27,28)/b7-6-,15-8+,26-13?. The summed E-state index contributed by atoms with van der Waals surface area (Å²) in [5.41, 5.74) is 1.64. The minimum absolute atomic E-state index is 0.0355. The van der Waals surface area contributed by atoms with Crippen LogP contribution in [0.25, 0.3) is 0 Å². The largest absolute Gasteiger partial charge is 0.335 e. The Balaban J connectivity index is 1.98. The Kier molecular flexibility index (Phi) is 5.84. The fourth-order valence-electron chi connectivity index (χ4n) is 2.66. The molecule has 0 bridgehead atoms. The highest BCUT2D eigenvalue weighted by atomic mass is 35.5. The van der Waals surface area contributed by atoms with Gasteiger partial charge >= 0.3 is 5.92 Å². The van der Waals surface area contributed by atoms with Gasteiger partial charge in [0.25, 0.3) is 0 Å². The van der Waals surface area contributed by atoms with Crippen molar-refractivity contribution in [3.8, 4) is 6.07 Å². The molecular formula is C19H16ClF2N7. The molecule has 2 heterocycles. The average molecular weight is 416 g/mol. The summed E-state index contributed by atoms with van der Waals surface area (Å²) in [6.45, 7) is 5.78. The molecule has 148 valence electrons. The molecule has 0 spiro atoms. The molecule has 10 heteroatoms. The molecular weight excluding hydrogens is 400 g/mol. The van der Waals surface area contributed by atoms with E-state index in [1.165, 1.54) is 18.2 Å². The number of halogens is 3. The lowest BCUT2D eigenvalue weighted by molar-refractivity contribution is 0.0314. The number of tetrazole rings is 1. The summed E-state index contributed by atoms with van der Waals surface area (Å²) >= 11 is 6.25. The lowest BCUT2D eigenvalue weighted by Gasteiger charge is -2.21. The number of alkyl halides is 2. The highest BCUT2D eigenvalue weighted by molar-refractivity contribution is 6.31. The summed E-state index contributed by atoms with van der Waals surface area (Å²) in [4.78, 5) is 0. The van der Waals surface area contributed by atoms with Gasteiger partial charge in [-0.1, -0.05) is 42.5 Å². The number of H-pyrrole nitrogens is 1. The highest BCUT2D eigenvalue weighted by Crippen LogP contribution is 2.34. The van der Waals surface area contributed by atoms with E-state index in [0.717, 1.165) is 0 Å². The van der Waals surface area contributed by atoms with Crippen molar-refractivity contribution in [1.29, 1.82) is 5.26 Å². The van der Waals surface area contributed by atoms with Crippen molar-refractivity contribution < 1.29 is 8.78 Å². The zero-order valence-corrected chi connectivity index (χ0v) is 16.2. The van der Waals surface area contributed by atoms with Gasteiger partial charge in [0.05, 0.1) is 30.4 Å². The molecule has 0 atom stereocenters. The fourth-order valence-corrected chi connectivity index (χ4v) is 2.90. The molecule has 0 unspecified atom stereocenters. The van der Waals surface area contributed by atoms with E-state index in [2.05, 4.69) is 38.4 Å². The number of hydrogen-bond donors (Lipinski definition) is 1. The number of nitrogens with zero attached hydrogens (tertiary/aromatic N) is 6. The van der Waals surface area contributed by atoms with Gasteiger partial charge in [-0.25, -0.2) is 0 Å². The van der Waals surface area contributed by atoms with Gasteiger partial charge in [0.15, 0.2) is 0 Å². The van der Waals surface area contributed by atoms with Gasteiger partial charge in [0.1, 0.15) is 0 Å². The van der Waals surface area contributed by atoms with Crippen molar-refractivity contribution >= 4 is 17.3 Å². The first-order valence-electron chi connectivity index (χ1n) is 8.50. The number of aromatic nitrogens is 4. The molecule has 1 aliphatic rings. The third-order valence-electron chi connectivity index (χ3n) is 4.31. The molecule has 1 aromatic carbocycles. The Bertz CT molecular complexity index is 1050. The first-order valence-corrected chi connectivity index (χ1v) is 8.88. The van der Waals surface area contributed by atoms with Crippen LogP contribution in [0.4, 0.5) is 8.78 Å². The summed E-state index contributed by atoms with van der Waals surface area (Å²) in [7, 11) is 0. The number of hydrogen-bond acceptors (Lipinski definition) is 6. The van der Waals surface area contributed by atoms with Gasteiger partial charge in [0.2, 0.25) is 5.82 Å². The minimum atomic E-state index is -3.46. The lowest BCUT2D eigenvalue weighted by atomic mass is 10.0. The van der Waals surface area contributed by atoms with Gasteiger partial charge in [-0.3, -0.25) is 5.01 Å². The molecule has 0 saturated carbocycles. The number of aromatic amines is 1. The van der Waals surface area contributed by atoms with E-state index in [-0.39, 0.29) is 18.7 Å². The first-order chi connectivity index (χ1) is 13.8. The molecule has 0 aliphatic carbocycles. The summed E-state index contributed by atoms with van der Waals surface area (Å²) in [5, 5.41) is 27.8. The topological polar surface area (TPSA) is 93.9 Å². The Labute approximate surface area is 170 Å². The predicted octanol–water partition coefficient (Wildman–Crippen LogP) is 3.75. The number of hydrazone groups is 1. The van der Waals surface area contributed by atoms with E-state index >= 15 is 0 Å². The third-order valence-corrected chi connectivity index (χ3v) is 4.66. The molecule has 0 fully saturated rings. The fraction of sp³-hybridized carbons (Fsp3) is 0.211. The van der Waals surface area contributed by atoms with Crippen LogP contribution >= 0.6 is 11.6 Å². The molecule has 1 aliphatic heterocycles. The second-order valence-electron chi connectivity index (χ2n) is 6.24. The molecule has 29 heavy (non-hydrogen) atoms. The maximum Gasteiger partial charge on any atom is 0.335 e. The third kappa shape index (κ3) is 4.38. The highest BCUT2D eigenvalue weighted by Gasteiger charge is 2.40. The van der Waals surface area contributed by atoms with Gasteiger partial charge in [-0.05, 0) is 29.8 Å². The minimum Gasteiger partial charge on any atom is -0.288 e. The van der Waals surface area contributed by atoms with Gasteiger partial charge in [-0.2, -0.15) is 24.4 Å². The number of benzene rings is 1. The van der Waals surface area contributed by atoms with E-state index in [4.69, 9.17) is 11.6 Å². The van der Waals surface area contributed by atoms with Crippen molar-refractivity contribution in [3.63, 3.8) is 0 Å². The van der Waals surface area contributed by atoms with E-state index in [1.54, 1.807) is 30.1 Å². The van der Waals surface area contributed by atoms with Crippen LogP contribution in [0.1, 0.15) is 23.9 Å². The van der Waals surface area contributed by atoms with E-state index in [9.17, 15) is 14.0 Å². The number of rotatable bonds is 4. The Morgan fingerprint density at radius 1 is 1.38 bits per heavy atom. The Morgan fingerprint density at radius 2 is 2.17 bits per heavy atom. The molecule has 3 rings (SSSR count). The molecule has 7 nitrogen and oxygen atoms in total. The summed E-state index contributed by atoms with van der Waals surface area (Å²) in [6, 6.07) is 7.06. The zero-order valence-electron chi connectivity index (χ0n) is 15.4. The van der Waals surface area contributed by atoms with Crippen molar-refractivity contribution in [1.82, 2.24) is 25.6 Å². The number of nitrogens with one attached hydrogen (secondary N) is 1. The molecule has 0 radical (unpaired) electrons.